The smallest absolute Gasteiger partial charge is 0.349 e. The second-order valence-corrected chi connectivity index (χ2v) is 6.63. The molecule has 0 amide bonds. The van der Waals surface area contributed by atoms with E-state index in [-0.39, 0.29) is 0 Å². The Morgan fingerprint density at radius 2 is 1.52 bits per heavy atom. The molecule has 0 bridgehead atoms. The molecule has 0 fully saturated rings. The highest BCUT2D eigenvalue weighted by Crippen LogP contribution is 2.24. The van der Waals surface area contributed by atoms with Crippen LogP contribution in [-0.2, 0) is 20.7 Å². The van der Waals surface area contributed by atoms with Crippen molar-refractivity contribution in [3.8, 4) is 0 Å². The Bertz CT molecular complexity index is 704. The molecular formula is C21H24O4. The molecule has 0 saturated carbocycles. The van der Waals surface area contributed by atoms with E-state index in [0.717, 1.165) is 12.0 Å². The Morgan fingerprint density at radius 3 is 2.04 bits per heavy atom. The van der Waals surface area contributed by atoms with Gasteiger partial charge in [-0.25, -0.2) is 4.79 Å². The number of rotatable bonds is 7. The van der Waals surface area contributed by atoms with Gasteiger partial charge in [0.2, 0.25) is 6.10 Å². The third-order valence-corrected chi connectivity index (χ3v) is 4.04. The van der Waals surface area contributed by atoms with E-state index in [1.807, 2.05) is 24.3 Å². The van der Waals surface area contributed by atoms with Gasteiger partial charge in [-0.3, -0.25) is 4.79 Å². The Hall–Kier alpha value is -2.62. The van der Waals surface area contributed by atoms with Gasteiger partial charge >= 0.3 is 11.9 Å². The molecule has 0 spiro atoms. The molecule has 2 aromatic rings. The number of hydrogen-bond acceptors (Lipinski definition) is 3. The Balaban J connectivity index is 2.09. The van der Waals surface area contributed by atoms with Gasteiger partial charge in [0.25, 0.3) is 0 Å². The monoisotopic (exact) mass is 340 g/mol. The van der Waals surface area contributed by atoms with Gasteiger partial charge in [0.05, 0.1) is 5.92 Å². The fraction of sp³-hybridized carbons (Fsp3) is 0.333. The highest BCUT2D eigenvalue weighted by Gasteiger charge is 2.27. The second kappa shape index (κ2) is 8.47. The average Bonchev–Trinajstić information content (AvgIpc) is 2.59. The molecule has 4 heteroatoms. The van der Waals surface area contributed by atoms with Crippen LogP contribution in [0.5, 0.6) is 0 Å². The fourth-order valence-corrected chi connectivity index (χ4v) is 2.66. The van der Waals surface area contributed by atoms with E-state index in [1.165, 1.54) is 5.56 Å². The van der Waals surface area contributed by atoms with Crippen molar-refractivity contribution in [1.29, 1.82) is 0 Å². The number of carbonyl (C=O) groups excluding carboxylic acids is 1. The predicted octanol–water partition coefficient (Wildman–Crippen LogP) is 4.36. The minimum atomic E-state index is -1.30. The molecule has 0 aliphatic heterocycles. The SMILES string of the molecule is CC(C)Cc1ccc([C@@H](C)C(=O)O[C@@H](C(=O)O)c2ccccc2)cc1. The van der Waals surface area contributed by atoms with E-state index in [0.29, 0.717) is 11.5 Å². The van der Waals surface area contributed by atoms with Crippen LogP contribution in [0.15, 0.2) is 54.6 Å². The maximum absolute atomic E-state index is 12.4. The minimum Gasteiger partial charge on any atom is -0.478 e. The van der Waals surface area contributed by atoms with E-state index in [2.05, 4.69) is 13.8 Å². The van der Waals surface area contributed by atoms with E-state index in [9.17, 15) is 14.7 Å². The van der Waals surface area contributed by atoms with Gasteiger partial charge in [-0.1, -0.05) is 68.4 Å². The zero-order valence-corrected chi connectivity index (χ0v) is 14.8. The number of carbonyl (C=O) groups is 2. The van der Waals surface area contributed by atoms with Gasteiger partial charge in [-0.2, -0.15) is 0 Å². The second-order valence-electron chi connectivity index (χ2n) is 6.63. The van der Waals surface area contributed by atoms with Gasteiger partial charge in [-0.05, 0) is 30.4 Å². The summed E-state index contributed by atoms with van der Waals surface area (Å²) in [7, 11) is 0. The molecule has 0 heterocycles. The number of aliphatic carboxylic acids is 1. The predicted molar refractivity (Wildman–Crippen MR) is 96.3 cm³/mol. The van der Waals surface area contributed by atoms with E-state index in [1.54, 1.807) is 37.3 Å². The summed E-state index contributed by atoms with van der Waals surface area (Å²) in [4.78, 5) is 23.9. The first-order valence-electron chi connectivity index (χ1n) is 8.45. The molecule has 0 aliphatic rings. The summed E-state index contributed by atoms with van der Waals surface area (Å²) in [6.45, 7) is 6.04. The van der Waals surface area contributed by atoms with Crippen molar-refractivity contribution in [2.24, 2.45) is 5.92 Å². The summed E-state index contributed by atoms with van der Waals surface area (Å²) < 4.78 is 5.27. The lowest BCUT2D eigenvalue weighted by Crippen LogP contribution is -2.22. The van der Waals surface area contributed by atoms with Crippen LogP contribution in [0.3, 0.4) is 0 Å². The molecule has 2 atom stereocenters. The molecule has 0 unspecified atom stereocenters. The van der Waals surface area contributed by atoms with Crippen molar-refractivity contribution in [2.75, 3.05) is 0 Å². The number of ether oxygens (including phenoxy) is 1. The van der Waals surface area contributed by atoms with Crippen LogP contribution >= 0.6 is 0 Å². The molecular weight excluding hydrogens is 316 g/mol. The van der Waals surface area contributed by atoms with Crippen LogP contribution in [0.4, 0.5) is 0 Å². The average molecular weight is 340 g/mol. The lowest BCUT2D eigenvalue weighted by molar-refractivity contribution is -0.165. The summed E-state index contributed by atoms with van der Waals surface area (Å²) in [5.74, 6) is -1.69. The number of hydrogen-bond donors (Lipinski definition) is 1. The van der Waals surface area contributed by atoms with Crippen molar-refractivity contribution in [1.82, 2.24) is 0 Å². The number of carboxylic acid groups (broad SMARTS) is 1. The van der Waals surface area contributed by atoms with Crippen molar-refractivity contribution >= 4 is 11.9 Å². The van der Waals surface area contributed by atoms with Crippen molar-refractivity contribution in [3.63, 3.8) is 0 Å². The summed E-state index contributed by atoms with van der Waals surface area (Å²) in [5.41, 5.74) is 2.48. The minimum absolute atomic E-state index is 0.447. The van der Waals surface area contributed by atoms with Crippen LogP contribution in [0.1, 0.15) is 49.5 Å². The standard InChI is InChI=1S/C21H24O4/c1-14(2)13-16-9-11-17(12-10-16)15(3)21(24)25-19(20(22)23)18-7-5-4-6-8-18/h4-12,14-15,19H,13H2,1-3H3,(H,22,23)/t15-,19-/m1/s1. The maximum atomic E-state index is 12.4. The molecule has 0 saturated heterocycles. The molecule has 4 nitrogen and oxygen atoms in total. The first-order valence-corrected chi connectivity index (χ1v) is 8.45. The number of esters is 1. The molecule has 0 radical (unpaired) electrons. The molecule has 2 rings (SSSR count). The molecule has 2 aromatic carbocycles. The van der Waals surface area contributed by atoms with Gasteiger partial charge in [-0.15, -0.1) is 0 Å². The molecule has 0 aromatic heterocycles. The Kier molecular flexibility index (Phi) is 6.34. The summed E-state index contributed by atoms with van der Waals surface area (Å²) >= 11 is 0. The summed E-state index contributed by atoms with van der Waals surface area (Å²) in [6.07, 6.45) is -0.315. The third-order valence-electron chi connectivity index (χ3n) is 4.04. The molecule has 132 valence electrons. The lowest BCUT2D eigenvalue weighted by Gasteiger charge is -2.18. The van der Waals surface area contributed by atoms with Gasteiger partial charge in [0.15, 0.2) is 0 Å². The summed E-state index contributed by atoms with van der Waals surface area (Å²) in [5, 5.41) is 9.37. The zero-order valence-electron chi connectivity index (χ0n) is 14.8. The third kappa shape index (κ3) is 5.18. The number of benzene rings is 2. The van der Waals surface area contributed by atoms with Crippen molar-refractivity contribution in [2.45, 2.75) is 39.2 Å². The summed E-state index contributed by atoms with van der Waals surface area (Å²) in [6, 6.07) is 16.3. The van der Waals surface area contributed by atoms with Gasteiger partial charge < -0.3 is 9.84 Å². The van der Waals surface area contributed by atoms with E-state index in [4.69, 9.17) is 4.74 Å². The van der Waals surface area contributed by atoms with Crippen LogP contribution in [0.25, 0.3) is 0 Å². The first kappa shape index (κ1) is 18.7. The largest absolute Gasteiger partial charge is 0.478 e. The van der Waals surface area contributed by atoms with Crippen LogP contribution in [0, 0.1) is 5.92 Å². The van der Waals surface area contributed by atoms with Crippen LogP contribution in [0.2, 0.25) is 0 Å². The zero-order chi connectivity index (χ0) is 18.4. The first-order chi connectivity index (χ1) is 11.9. The Labute approximate surface area is 148 Å². The van der Waals surface area contributed by atoms with Crippen molar-refractivity contribution < 1.29 is 19.4 Å². The van der Waals surface area contributed by atoms with Crippen molar-refractivity contribution in [3.05, 3.63) is 71.3 Å². The van der Waals surface area contributed by atoms with E-state index >= 15 is 0 Å². The highest BCUT2D eigenvalue weighted by molar-refractivity contribution is 5.82. The lowest BCUT2D eigenvalue weighted by atomic mass is 9.97. The quantitative estimate of drug-likeness (QED) is 0.761. The normalized spacial score (nSPS) is 13.3. The molecule has 25 heavy (non-hydrogen) atoms. The van der Waals surface area contributed by atoms with Crippen LogP contribution < -0.4 is 0 Å². The topological polar surface area (TPSA) is 63.6 Å². The Morgan fingerprint density at radius 1 is 0.920 bits per heavy atom. The van der Waals surface area contributed by atoms with Crippen LogP contribution in [-0.4, -0.2) is 17.0 Å². The fourth-order valence-electron chi connectivity index (χ4n) is 2.66. The highest BCUT2D eigenvalue weighted by atomic mass is 16.6. The van der Waals surface area contributed by atoms with E-state index < -0.39 is 24.0 Å². The molecule has 0 aliphatic carbocycles. The molecule has 1 N–H and O–H groups in total. The van der Waals surface area contributed by atoms with Gasteiger partial charge in [0, 0.05) is 5.56 Å². The maximum Gasteiger partial charge on any atom is 0.349 e. The van der Waals surface area contributed by atoms with Gasteiger partial charge in [0.1, 0.15) is 0 Å². The number of carboxylic acids is 1.